The van der Waals surface area contributed by atoms with E-state index in [1.165, 1.54) is 0 Å². The quantitative estimate of drug-likeness (QED) is 0.670. The molecule has 0 unspecified atom stereocenters. The Labute approximate surface area is 111 Å². The Bertz CT molecular complexity index is 446. The number of hydrogen-bond acceptors (Lipinski definition) is 5. The predicted molar refractivity (Wildman–Crippen MR) is 71.0 cm³/mol. The van der Waals surface area contributed by atoms with Crippen LogP contribution in [0.3, 0.4) is 0 Å². The third-order valence-corrected chi connectivity index (χ3v) is 3.33. The van der Waals surface area contributed by atoms with Crippen molar-refractivity contribution >= 4 is 24.0 Å². The standard InChI is InChI=1S/C12H17N3O2S/c1-2-17-12(16)9-5-7-15(8-6-9)10-3-4-11(18)14-13-10/h3-4,9H,2,5-8H2,1H3,(H,14,18). The van der Waals surface area contributed by atoms with E-state index < -0.39 is 0 Å². The van der Waals surface area contributed by atoms with E-state index in [0.29, 0.717) is 11.2 Å². The summed E-state index contributed by atoms with van der Waals surface area (Å²) in [6.45, 7) is 3.93. The minimum absolute atomic E-state index is 0.0309. The number of anilines is 1. The van der Waals surface area contributed by atoms with Crippen molar-refractivity contribution in [3.05, 3.63) is 16.8 Å². The van der Waals surface area contributed by atoms with Gasteiger partial charge in [0, 0.05) is 13.1 Å². The van der Waals surface area contributed by atoms with Crippen LogP contribution < -0.4 is 4.90 Å². The molecule has 2 heterocycles. The van der Waals surface area contributed by atoms with Crippen LogP contribution in [0.5, 0.6) is 0 Å². The van der Waals surface area contributed by atoms with E-state index in [9.17, 15) is 4.79 Å². The van der Waals surface area contributed by atoms with Crippen LogP contribution in [0.25, 0.3) is 0 Å². The second kappa shape index (κ2) is 5.95. The van der Waals surface area contributed by atoms with Crippen LogP contribution in [-0.4, -0.2) is 35.9 Å². The molecule has 0 amide bonds. The molecule has 0 atom stereocenters. The van der Waals surface area contributed by atoms with E-state index in [1.807, 2.05) is 19.1 Å². The molecule has 1 saturated heterocycles. The van der Waals surface area contributed by atoms with Crippen LogP contribution in [-0.2, 0) is 9.53 Å². The number of aromatic nitrogens is 2. The largest absolute Gasteiger partial charge is 0.466 e. The number of piperidine rings is 1. The molecule has 1 aliphatic rings. The van der Waals surface area contributed by atoms with E-state index in [-0.39, 0.29) is 11.9 Å². The van der Waals surface area contributed by atoms with E-state index in [0.717, 1.165) is 31.7 Å². The molecule has 0 aromatic carbocycles. The number of aromatic amines is 1. The highest BCUT2D eigenvalue weighted by Gasteiger charge is 2.26. The molecular formula is C12H17N3O2S. The maximum absolute atomic E-state index is 11.6. The zero-order valence-electron chi connectivity index (χ0n) is 10.4. The second-order valence-electron chi connectivity index (χ2n) is 4.29. The average Bonchev–Trinajstić information content (AvgIpc) is 2.40. The number of nitrogens with one attached hydrogen (secondary N) is 1. The van der Waals surface area contributed by atoms with Gasteiger partial charge in [-0.2, -0.15) is 5.10 Å². The second-order valence-corrected chi connectivity index (χ2v) is 4.73. The zero-order chi connectivity index (χ0) is 13.0. The molecule has 0 radical (unpaired) electrons. The summed E-state index contributed by atoms with van der Waals surface area (Å²) in [7, 11) is 0. The van der Waals surface area contributed by atoms with Gasteiger partial charge in [-0.15, -0.1) is 0 Å². The molecule has 1 aliphatic heterocycles. The van der Waals surface area contributed by atoms with E-state index in [4.69, 9.17) is 17.0 Å². The van der Waals surface area contributed by atoms with Gasteiger partial charge in [0.05, 0.1) is 12.5 Å². The van der Waals surface area contributed by atoms with Crippen molar-refractivity contribution < 1.29 is 9.53 Å². The molecule has 18 heavy (non-hydrogen) atoms. The first-order chi connectivity index (χ1) is 8.70. The van der Waals surface area contributed by atoms with Gasteiger partial charge in [0.1, 0.15) is 10.5 Å². The number of nitrogens with zero attached hydrogens (tertiary/aromatic N) is 2. The lowest BCUT2D eigenvalue weighted by atomic mass is 9.97. The Hall–Kier alpha value is -1.43. The Morgan fingerprint density at radius 2 is 2.28 bits per heavy atom. The topological polar surface area (TPSA) is 58.2 Å². The Balaban J connectivity index is 1.92. The highest BCUT2D eigenvalue weighted by molar-refractivity contribution is 7.71. The minimum Gasteiger partial charge on any atom is -0.466 e. The molecule has 1 aromatic heterocycles. The highest BCUT2D eigenvalue weighted by Crippen LogP contribution is 2.22. The number of hydrogen-bond donors (Lipinski definition) is 1. The molecule has 0 spiro atoms. The molecule has 1 N–H and O–H groups in total. The van der Waals surface area contributed by atoms with Gasteiger partial charge in [0.15, 0.2) is 0 Å². The zero-order valence-corrected chi connectivity index (χ0v) is 11.2. The van der Waals surface area contributed by atoms with Crippen molar-refractivity contribution in [3.63, 3.8) is 0 Å². The van der Waals surface area contributed by atoms with Crippen LogP contribution in [0, 0.1) is 10.6 Å². The van der Waals surface area contributed by atoms with Crippen molar-refractivity contribution in [1.29, 1.82) is 0 Å². The average molecular weight is 267 g/mol. The first kappa shape index (κ1) is 13.0. The van der Waals surface area contributed by atoms with Gasteiger partial charge >= 0.3 is 5.97 Å². The fourth-order valence-electron chi connectivity index (χ4n) is 2.12. The fraction of sp³-hybridized carbons (Fsp3) is 0.583. The highest BCUT2D eigenvalue weighted by atomic mass is 32.1. The molecule has 0 bridgehead atoms. The van der Waals surface area contributed by atoms with Gasteiger partial charge in [-0.25, -0.2) is 0 Å². The van der Waals surface area contributed by atoms with Gasteiger partial charge in [0.25, 0.3) is 0 Å². The first-order valence-electron chi connectivity index (χ1n) is 6.18. The van der Waals surface area contributed by atoms with Gasteiger partial charge in [0.2, 0.25) is 0 Å². The number of rotatable bonds is 3. The third-order valence-electron chi connectivity index (χ3n) is 3.10. The number of H-pyrrole nitrogens is 1. The molecule has 1 aromatic rings. The van der Waals surface area contributed by atoms with Crippen LogP contribution in [0.15, 0.2) is 12.1 Å². The Morgan fingerprint density at radius 3 is 2.83 bits per heavy atom. The van der Waals surface area contributed by atoms with Crippen molar-refractivity contribution in [2.24, 2.45) is 5.92 Å². The van der Waals surface area contributed by atoms with Crippen molar-refractivity contribution in [2.75, 3.05) is 24.6 Å². The Morgan fingerprint density at radius 1 is 1.56 bits per heavy atom. The van der Waals surface area contributed by atoms with Crippen molar-refractivity contribution in [2.45, 2.75) is 19.8 Å². The van der Waals surface area contributed by atoms with E-state index in [2.05, 4.69) is 15.1 Å². The maximum Gasteiger partial charge on any atom is 0.309 e. The lowest BCUT2D eigenvalue weighted by Gasteiger charge is -2.31. The molecule has 98 valence electrons. The summed E-state index contributed by atoms with van der Waals surface area (Å²) in [6, 6.07) is 3.73. The van der Waals surface area contributed by atoms with Crippen LogP contribution in [0.2, 0.25) is 0 Å². The summed E-state index contributed by atoms with van der Waals surface area (Å²) < 4.78 is 5.67. The van der Waals surface area contributed by atoms with E-state index in [1.54, 1.807) is 0 Å². The molecule has 0 saturated carbocycles. The lowest BCUT2D eigenvalue weighted by molar-refractivity contribution is -0.148. The molecule has 0 aliphatic carbocycles. The number of carbonyl (C=O) groups is 1. The summed E-state index contributed by atoms with van der Waals surface area (Å²) in [5, 5.41) is 6.97. The molecule has 5 nitrogen and oxygen atoms in total. The summed E-state index contributed by atoms with van der Waals surface area (Å²) in [6.07, 6.45) is 1.63. The van der Waals surface area contributed by atoms with Crippen LogP contribution in [0.1, 0.15) is 19.8 Å². The summed E-state index contributed by atoms with van der Waals surface area (Å²) in [5.74, 6) is 0.840. The maximum atomic E-state index is 11.6. The summed E-state index contributed by atoms with van der Waals surface area (Å²) >= 11 is 4.96. The predicted octanol–water partition coefficient (Wildman–Crippen LogP) is 1.92. The van der Waals surface area contributed by atoms with Gasteiger partial charge < -0.3 is 9.64 Å². The summed E-state index contributed by atoms with van der Waals surface area (Å²) in [5.41, 5.74) is 0. The van der Waals surface area contributed by atoms with Gasteiger partial charge in [-0.05, 0) is 31.9 Å². The molecule has 2 rings (SSSR count). The first-order valence-corrected chi connectivity index (χ1v) is 6.59. The fourth-order valence-corrected chi connectivity index (χ4v) is 2.23. The van der Waals surface area contributed by atoms with Gasteiger partial charge in [-0.3, -0.25) is 9.89 Å². The lowest BCUT2D eigenvalue weighted by Crippen LogP contribution is -2.37. The third kappa shape index (κ3) is 3.07. The molecular weight excluding hydrogens is 250 g/mol. The summed E-state index contributed by atoms with van der Waals surface area (Å²) in [4.78, 5) is 13.8. The van der Waals surface area contributed by atoms with Crippen molar-refractivity contribution in [3.8, 4) is 0 Å². The normalized spacial score (nSPS) is 16.6. The minimum atomic E-state index is -0.0717. The van der Waals surface area contributed by atoms with Crippen molar-refractivity contribution in [1.82, 2.24) is 10.2 Å². The van der Waals surface area contributed by atoms with Crippen LogP contribution in [0.4, 0.5) is 5.82 Å². The number of ether oxygens (including phenoxy) is 1. The monoisotopic (exact) mass is 267 g/mol. The molecule has 6 heteroatoms. The van der Waals surface area contributed by atoms with Crippen LogP contribution >= 0.6 is 12.2 Å². The van der Waals surface area contributed by atoms with Gasteiger partial charge in [-0.1, -0.05) is 12.2 Å². The van der Waals surface area contributed by atoms with E-state index >= 15 is 0 Å². The Kier molecular flexibility index (Phi) is 4.30. The smallest absolute Gasteiger partial charge is 0.309 e. The number of esters is 1. The number of carbonyl (C=O) groups excluding carboxylic acids is 1. The molecule has 1 fully saturated rings. The SMILES string of the molecule is CCOC(=O)C1CCN(c2ccc(=S)[nH]n2)CC1.